The molecule has 6 nitrogen and oxygen atoms in total. The van der Waals surface area contributed by atoms with Gasteiger partial charge in [-0.3, -0.25) is 14.5 Å². The number of nitrogens with zero attached hydrogens (tertiary/aromatic N) is 2. The first kappa shape index (κ1) is 15.3. The molecule has 1 saturated carbocycles. The molecule has 0 bridgehead atoms. The van der Waals surface area contributed by atoms with Crippen LogP contribution in [0, 0.1) is 0 Å². The van der Waals surface area contributed by atoms with Crippen LogP contribution in [-0.2, 0) is 9.59 Å². The van der Waals surface area contributed by atoms with Crippen LogP contribution in [0.1, 0.15) is 57.8 Å². The molecule has 1 N–H and O–H groups in total. The summed E-state index contributed by atoms with van der Waals surface area (Å²) in [6, 6.07) is -0.324. The average Bonchev–Trinajstić information content (AvgIpc) is 2.92. The average molecular weight is 307 g/mol. The molecule has 0 aromatic heterocycles. The van der Waals surface area contributed by atoms with E-state index in [4.69, 9.17) is 0 Å². The van der Waals surface area contributed by atoms with Gasteiger partial charge >= 0.3 is 6.03 Å². The minimum absolute atomic E-state index is 0.0647. The predicted molar refractivity (Wildman–Crippen MR) is 81.1 cm³/mol. The zero-order chi connectivity index (χ0) is 15.6. The highest BCUT2D eigenvalue weighted by Gasteiger charge is 2.52. The Hall–Kier alpha value is -1.59. The fourth-order valence-electron chi connectivity index (χ4n) is 3.88. The molecular weight excluding hydrogens is 282 g/mol. The van der Waals surface area contributed by atoms with Crippen molar-refractivity contribution < 1.29 is 14.4 Å². The maximum atomic E-state index is 12.5. The number of imide groups is 1. The van der Waals surface area contributed by atoms with E-state index >= 15 is 0 Å². The minimum Gasteiger partial charge on any atom is -0.343 e. The van der Waals surface area contributed by atoms with Crippen molar-refractivity contribution in [1.82, 2.24) is 15.1 Å². The predicted octanol–water partition coefficient (Wildman–Crippen LogP) is 1.64. The van der Waals surface area contributed by atoms with Gasteiger partial charge in [-0.2, -0.15) is 0 Å². The monoisotopic (exact) mass is 307 g/mol. The van der Waals surface area contributed by atoms with Crippen LogP contribution < -0.4 is 5.32 Å². The second-order valence-corrected chi connectivity index (χ2v) is 6.72. The molecule has 1 spiro atoms. The van der Waals surface area contributed by atoms with Gasteiger partial charge in [-0.05, 0) is 25.7 Å². The fraction of sp³-hybridized carbons (Fsp3) is 0.812. The van der Waals surface area contributed by atoms with E-state index in [1.54, 1.807) is 0 Å². The molecule has 1 aliphatic carbocycles. The third kappa shape index (κ3) is 2.83. The van der Waals surface area contributed by atoms with Crippen LogP contribution in [0.5, 0.6) is 0 Å². The molecule has 22 heavy (non-hydrogen) atoms. The zero-order valence-electron chi connectivity index (χ0n) is 13.1. The largest absolute Gasteiger partial charge is 0.343 e. The van der Waals surface area contributed by atoms with Crippen LogP contribution >= 0.6 is 0 Å². The smallest absolute Gasteiger partial charge is 0.325 e. The van der Waals surface area contributed by atoms with Crippen molar-refractivity contribution in [2.24, 2.45) is 0 Å². The first-order valence-electron chi connectivity index (χ1n) is 8.54. The molecule has 2 heterocycles. The maximum Gasteiger partial charge on any atom is 0.325 e. The highest BCUT2D eigenvalue weighted by molar-refractivity contribution is 6.07. The fourth-order valence-corrected chi connectivity index (χ4v) is 3.88. The lowest BCUT2D eigenvalue weighted by molar-refractivity contribution is -0.133. The molecule has 6 heteroatoms. The van der Waals surface area contributed by atoms with Crippen molar-refractivity contribution in [3.05, 3.63) is 0 Å². The molecule has 0 unspecified atom stereocenters. The minimum atomic E-state index is -0.664. The van der Waals surface area contributed by atoms with Gasteiger partial charge in [-0.15, -0.1) is 0 Å². The molecule has 4 amide bonds. The standard InChI is InChI=1S/C16H25N3O3/c20-13(18-10-5-1-2-6-11-18)7-12-19-14(21)16(17-15(19)22)8-3-4-9-16/h1-12H2,(H,17,22). The normalized spacial score (nSPS) is 24.7. The Morgan fingerprint density at radius 2 is 1.64 bits per heavy atom. The molecule has 0 radical (unpaired) electrons. The van der Waals surface area contributed by atoms with Crippen LogP contribution in [0.25, 0.3) is 0 Å². The third-order valence-corrected chi connectivity index (χ3v) is 5.21. The number of nitrogens with one attached hydrogen (secondary N) is 1. The Morgan fingerprint density at radius 1 is 1.00 bits per heavy atom. The summed E-state index contributed by atoms with van der Waals surface area (Å²) in [5.74, 6) is -0.0615. The number of amides is 4. The van der Waals surface area contributed by atoms with Crippen molar-refractivity contribution in [3.63, 3.8) is 0 Å². The summed E-state index contributed by atoms with van der Waals surface area (Å²) in [6.07, 6.45) is 8.13. The first-order valence-corrected chi connectivity index (χ1v) is 8.54. The molecule has 3 fully saturated rings. The lowest BCUT2D eigenvalue weighted by atomic mass is 9.98. The van der Waals surface area contributed by atoms with Gasteiger partial charge in [0.1, 0.15) is 5.54 Å². The van der Waals surface area contributed by atoms with E-state index in [2.05, 4.69) is 5.32 Å². The lowest BCUT2D eigenvalue weighted by Gasteiger charge is -2.22. The molecular formula is C16H25N3O3. The van der Waals surface area contributed by atoms with Gasteiger partial charge in [0.25, 0.3) is 5.91 Å². The summed E-state index contributed by atoms with van der Waals surface area (Å²) < 4.78 is 0. The number of rotatable bonds is 3. The van der Waals surface area contributed by atoms with E-state index < -0.39 is 5.54 Å². The van der Waals surface area contributed by atoms with Crippen LogP contribution in [0.3, 0.4) is 0 Å². The summed E-state index contributed by atoms with van der Waals surface area (Å²) in [5.41, 5.74) is -0.664. The highest BCUT2D eigenvalue weighted by atomic mass is 16.2. The summed E-state index contributed by atoms with van der Waals surface area (Å²) in [4.78, 5) is 40.0. The van der Waals surface area contributed by atoms with Gasteiger partial charge in [0, 0.05) is 26.1 Å². The van der Waals surface area contributed by atoms with Crippen molar-refractivity contribution in [3.8, 4) is 0 Å². The summed E-state index contributed by atoms with van der Waals surface area (Å²) in [5, 5.41) is 2.85. The molecule has 0 atom stereocenters. The Kier molecular flexibility index (Phi) is 4.36. The molecule has 0 aromatic carbocycles. The number of hydrogen-bond acceptors (Lipinski definition) is 3. The molecule has 0 aromatic rings. The van der Waals surface area contributed by atoms with Crippen LogP contribution in [0.15, 0.2) is 0 Å². The van der Waals surface area contributed by atoms with Crippen LogP contribution in [0.2, 0.25) is 0 Å². The van der Waals surface area contributed by atoms with E-state index in [1.165, 1.54) is 17.7 Å². The Morgan fingerprint density at radius 3 is 2.27 bits per heavy atom. The third-order valence-electron chi connectivity index (χ3n) is 5.21. The SMILES string of the molecule is O=C(CCN1C(=O)NC2(CCCC2)C1=O)N1CCCCCC1. The van der Waals surface area contributed by atoms with Gasteiger partial charge in [-0.25, -0.2) is 4.79 Å². The van der Waals surface area contributed by atoms with E-state index in [9.17, 15) is 14.4 Å². The van der Waals surface area contributed by atoms with Crippen molar-refractivity contribution in [2.75, 3.05) is 19.6 Å². The van der Waals surface area contributed by atoms with Crippen LogP contribution in [0.4, 0.5) is 4.79 Å². The maximum absolute atomic E-state index is 12.5. The number of carbonyl (C=O) groups excluding carboxylic acids is 3. The second-order valence-electron chi connectivity index (χ2n) is 6.72. The number of likely N-dealkylation sites (tertiary alicyclic amines) is 1. The van der Waals surface area contributed by atoms with Crippen molar-refractivity contribution >= 4 is 17.8 Å². The number of urea groups is 1. The highest BCUT2D eigenvalue weighted by Crippen LogP contribution is 2.35. The van der Waals surface area contributed by atoms with Crippen molar-refractivity contribution in [2.45, 2.75) is 63.3 Å². The van der Waals surface area contributed by atoms with Gasteiger partial charge in [0.2, 0.25) is 5.91 Å². The molecule has 122 valence electrons. The second kappa shape index (κ2) is 6.26. The van der Waals surface area contributed by atoms with E-state index in [1.807, 2.05) is 4.90 Å². The van der Waals surface area contributed by atoms with Gasteiger partial charge in [-0.1, -0.05) is 25.7 Å². The zero-order valence-corrected chi connectivity index (χ0v) is 13.1. The quantitative estimate of drug-likeness (QED) is 0.806. The summed E-state index contributed by atoms with van der Waals surface area (Å²) in [7, 11) is 0. The summed E-state index contributed by atoms with van der Waals surface area (Å²) >= 11 is 0. The Labute approximate surface area is 131 Å². The van der Waals surface area contributed by atoms with Crippen molar-refractivity contribution in [1.29, 1.82) is 0 Å². The lowest BCUT2D eigenvalue weighted by Crippen LogP contribution is -2.44. The van der Waals surface area contributed by atoms with Gasteiger partial charge < -0.3 is 10.2 Å². The number of hydrogen-bond donors (Lipinski definition) is 1. The number of carbonyl (C=O) groups is 3. The first-order chi connectivity index (χ1) is 10.6. The van der Waals surface area contributed by atoms with Crippen LogP contribution in [-0.4, -0.2) is 52.8 Å². The molecule has 2 aliphatic heterocycles. The topological polar surface area (TPSA) is 69.7 Å². The summed E-state index contributed by atoms with van der Waals surface area (Å²) in [6.45, 7) is 1.83. The molecule has 3 aliphatic rings. The van der Waals surface area contributed by atoms with E-state index in [0.717, 1.165) is 51.6 Å². The van der Waals surface area contributed by atoms with Gasteiger partial charge in [0.15, 0.2) is 0 Å². The molecule has 2 saturated heterocycles. The Bertz CT molecular complexity index is 463. The van der Waals surface area contributed by atoms with Gasteiger partial charge in [0.05, 0.1) is 0 Å². The molecule has 3 rings (SSSR count). The Balaban J connectivity index is 1.55. The van der Waals surface area contributed by atoms with E-state index in [0.29, 0.717) is 0 Å². The van der Waals surface area contributed by atoms with E-state index in [-0.39, 0.29) is 30.8 Å².